The molecule has 2 aliphatic rings. The molecule has 2 aliphatic heterocycles. The van der Waals surface area contributed by atoms with Crippen LogP contribution >= 0.6 is 0 Å². The Balaban J connectivity index is 1.77. The van der Waals surface area contributed by atoms with Gasteiger partial charge in [0.05, 0.1) is 7.11 Å². The summed E-state index contributed by atoms with van der Waals surface area (Å²) in [6, 6.07) is 0.681. The monoisotopic (exact) mass is 240 g/mol. The van der Waals surface area contributed by atoms with Crippen molar-refractivity contribution in [3.63, 3.8) is 0 Å². The van der Waals surface area contributed by atoms with Gasteiger partial charge in [0.1, 0.15) is 6.04 Å². The number of hydrogen-bond donors (Lipinski definition) is 0. The van der Waals surface area contributed by atoms with Gasteiger partial charge in [-0.3, -0.25) is 9.69 Å². The molecule has 0 aromatic rings. The van der Waals surface area contributed by atoms with Gasteiger partial charge in [-0.2, -0.15) is 0 Å². The number of rotatable bonds is 4. The zero-order chi connectivity index (χ0) is 12.4. The molecule has 17 heavy (non-hydrogen) atoms. The van der Waals surface area contributed by atoms with Crippen molar-refractivity contribution in [2.24, 2.45) is 5.92 Å². The molecule has 0 saturated carbocycles. The van der Waals surface area contributed by atoms with Gasteiger partial charge in [-0.1, -0.05) is 0 Å². The molecule has 4 nitrogen and oxygen atoms in total. The van der Waals surface area contributed by atoms with Gasteiger partial charge in [0.25, 0.3) is 0 Å². The maximum atomic E-state index is 11.5. The summed E-state index contributed by atoms with van der Waals surface area (Å²) in [7, 11) is 1.48. The van der Waals surface area contributed by atoms with Crippen LogP contribution < -0.4 is 0 Å². The number of hydrogen-bond acceptors (Lipinski definition) is 4. The lowest BCUT2D eigenvalue weighted by Crippen LogP contribution is -2.54. The SMILES string of the molecule is COC(=O)C1CCN1CC1CCN(C(C)C)C1. The summed E-state index contributed by atoms with van der Waals surface area (Å²) in [6.07, 6.45) is 2.23. The van der Waals surface area contributed by atoms with Crippen molar-refractivity contribution in [2.75, 3.05) is 33.3 Å². The Kier molecular flexibility index (Phi) is 4.05. The molecule has 2 heterocycles. The highest BCUT2D eigenvalue weighted by atomic mass is 16.5. The van der Waals surface area contributed by atoms with Crippen LogP contribution in [0.25, 0.3) is 0 Å². The molecule has 2 atom stereocenters. The van der Waals surface area contributed by atoms with E-state index in [0.29, 0.717) is 6.04 Å². The van der Waals surface area contributed by atoms with E-state index >= 15 is 0 Å². The molecule has 0 bridgehead atoms. The van der Waals surface area contributed by atoms with Crippen molar-refractivity contribution >= 4 is 5.97 Å². The van der Waals surface area contributed by atoms with Crippen LogP contribution in [0.5, 0.6) is 0 Å². The van der Waals surface area contributed by atoms with E-state index in [9.17, 15) is 4.79 Å². The Morgan fingerprint density at radius 2 is 2.12 bits per heavy atom. The Morgan fingerprint density at radius 3 is 2.59 bits per heavy atom. The molecule has 0 aromatic carbocycles. The first-order valence-electron chi connectivity index (χ1n) is 6.67. The van der Waals surface area contributed by atoms with Crippen LogP contribution in [0.1, 0.15) is 26.7 Å². The second kappa shape index (κ2) is 5.36. The molecular weight excluding hydrogens is 216 g/mol. The summed E-state index contributed by atoms with van der Waals surface area (Å²) >= 11 is 0. The summed E-state index contributed by atoms with van der Waals surface area (Å²) in [6.45, 7) is 9.01. The quantitative estimate of drug-likeness (QED) is 0.685. The van der Waals surface area contributed by atoms with Crippen LogP contribution in [0.2, 0.25) is 0 Å². The van der Waals surface area contributed by atoms with E-state index < -0.39 is 0 Å². The van der Waals surface area contributed by atoms with Crippen molar-refractivity contribution in [3.8, 4) is 0 Å². The molecule has 0 aliphatic carbocycles. The second-order valence-corrected chi connectivity index (χ2v) is 5.57. The van der Waals surface area contributed by atoms with Gasteiger partial charge in [0.2, 0.25) is 0 Å². The van der Waals surface area contributed by atoms with Crippen molar-refractivity contribution in [3.05, 3.63) is 0 Å². The third kappa shape index (κ3) is 2.80. The summed E-state index contributed by atoms with van der Waals surface area (Å²) < 4.78 is 4.82. The lowest BCUT2D eigenvalue weighted by atomic mass is 9.99. The van der Waals surface area contributed by atoms with E-state index in [0.717, 1.165) is 25.4 Å². The van der Waals surface area contributed by atoms with Crippen LogP contribution in [0.3, 0.4) is 0 Å². The molecule has 2 unspecified atom stereocenters. The first kappa shape index (κ1) is 12.8. The predicted octanol–water partition coefficient (Wildman–Crippen LogP) is 0.964. The number of likely N-dealkylation sites (tertiary alicyclic amines) is 2. The van der Waals surface area contributed by atoms with E-state index in [2.05, 4.69) is 23.6 Å². The molecule has 0 aromatic heterocycles. The van der Waals surface area contributed by atoms with Gasteiger partial charge in [-0.05, 0) is 39.2 Å². The number of carbonyl (C=O) groups excluding carboxylic acids is 1. The predicted molar refractivity (Wildman–Crippen MR) is 66.8 cm³/mol. The largest absolute Gasteiger partial charge is 0.468 e. The van der Waals surface area contributed by atoms with Crippen LogP contribution in [0.4, 0.5) is 0 Å². The van der Waals surface area contributed by atoms with Crippen LogP contribution in [-0.2, 0) is 9.53 Å². The fourth-order valence-corrected chi connectivity index (χ4v) is 2.87. The van der Waals surface area contributed by atoms with E-state index in [1.54, 1.807) is 0 Å². The maximum Gasteiger partial charge on any atom is 0.323 e. The molecule has 98 valence electrons. The number of carbonyl (C=O) groups is 1. The lowest BCUT2D eigenvalue weighted by molar-refractivity contribution is -0.152. The molecule has 0 spiro atoms. The Morgan fingerprint density at radius 1 is 1.35 bits per heavy atom. The number of methoxy groups -OCH3 is 1. The average Bonchev–Trinajstić information content (AvgIpc) is 2.72. The molecule has 2 rings (SSSR count). The summed E-state index contributed by atoms with van der Waals surface area (Å²) in [5.74, 6) is 0.666. The van der Waals surface area contributed by atoms with Gasteiger partial charge < -0.3 is 9.64 Å². The summed E-state index contributed by atoms with van der Waals surface area (Å²) in [5.41, 5.74) is 0. The molecule has 2 fully saturated rings. The smallest absolute Gasteiger partial charge is 0.323 e. The number of ether oxygens (including phenoxy) is 1. The average molecular weight is 240 g/mol. The molecule has 4 heteroatoms. The zero-order valence-corrected chi connectivity index (χ0v) is 11.2. The molecule has 0 N–H and O–H groups in total. The van der Waals surface area contributed by atoms with Gasteiger partial charge in [0, 0.05) is 25.7 Å². The van der Waals surface area contributed by atoms with E-state index in [1.807, 2.05) is 0 Å². The molecule has 2 saturated heterocycles. The highest BCUT2D eigenvalue weighted by Crippen LogP contribution is 2.25. The number of esters is 1. The standard InChI is InChI=1S/C13H24N2O2/c1-10(2)14-6-4-11(8-14)9-15-7-5-12(15)13(16)17-3/h10-12H,4-9H2,1-3H3. The maximum absolute atomic E-state index is 11.5. The van der Waals surface area contributed by atoms with Gasteiger partial charge >= 0.3 is 5.97 Å². The minimum Gasteiger partial charge on any atom is -0.468 e. The first-order valence-corrected chi connectivity index (χ1v) is 6.67. The second-order valence-electron chi connectivity index (χ2n) is 5.57. The third-order valence-electron chi connectivity index (χ3n) is 4.14. The van der Waals surface area contributed by atoms with Crippen molar-refractivity contribution in [1.82, 2.24) is 9.80 Å². The highest BCUT2D eigenvalue weighted by Gasteiger charge is 2.37. The minimum atomic E-state index is -0.0602. The highest BCUT2D eigenvalue weighted by molar-refractivity contribution is 5.76. The van der Waals surface area contributed by atoms with Crippen molar-refractivity contribution < 1.29 is 9.53 Å². The molecule has 0 radical (unpaired) electrons. The normalized spacial score (nSPS) is 30.6. The molecular formula is C13H24N2O2. The van der Waals surface area contributed by atoms with E-state index in [4.69, 9.17) is 4.74 Å². The summed E-state index contributed by atoms with van der Waals surface area (Å²) in [4.78, 5) is 16.3. The number of nitrogens with zero attached hydrogens (tertiary/aromatic N) is 2. The van der Waals surface area contributed by atoms with Crippen molar-refractivity contribution in [1.29, 1.82) is 0 Å². The van der Waals surface area contributed by atoms with Crippen molar-refractivity contribution in [2.45, 2.75) is 38.8 Å². The minimum absolute atomic E-state index is 0.0353. The Bertz CT molecular complexity index is 281. The zero-order valence-electron chi connectivity index (χ0n) is 11.2. The van der Waals surface area contributed by atoms with Crippen LogP contribution in [0.15, 0.2) is 0 Å². The lowest BCUT2D eigenvalue weighted by Gasteiger charge is -2.40. The fraction of sp³-hybridized carbons (Fsp3) is 0.923. The van der Waals surface area contributed by atoms with E-state index in [1.165, 1.54) is 26.6 Å². The van der Waals surface area contributed by atoms with Gasteiger partial charge in [-0.25, -0.2) is 0 Å². The fourth-order valence-electron chi connectivity index (χ4n) is 2.87. The van der Waals surface area contributed by atoms with Gasteiger partial charge in [0.15, 0.2) is 0 Å². The topological polar surface area (TPSA) is 32.8 Å². The van der Waals surface area contributed by atoms with Crippen LogP contribution in [-0.4, -0.2) is 61.1 Å². The third-order valence-corrected chi connectivity index (χ3v) is 4.14. The molecule has 0 amide bonds. The van der Waals surface area contributed by atoms with Crippen LogP contribution in [0, 0.1) is 5.92 Å². The van der Waals surface area contributed by atoms with Gasteiger partial charge in [-0.15, -0.1) is 0 Å². The Labute approximate surface area is 104 Å². The van der Waals surface area contributed by atoms with E-state index in [-0.39, 0.29) is 12.0 Å². The first-order chi connectivity index (χ1) is 8.11. The summed E-state index contributed by atoms with van der Waals surface area (Å²) in [5, 5.41) is 0. The Hall–Kier alpha value is -0.610.